The number of hydrogen-bond donors (Lipinski definition) is 0. The van der Waals surface area contributed by atoms with E-state index in [1.54, 1.807) is 18.7 Å². The zero-order valence-corrected chi connectivity index (χ0v) is 20.5. The topological polar surface area (TPSA) is 106 Å². The Bertz CT molecular complexity index is 1670. The van der Waals surface area contributed by atoms with E-state index in [2.05, 4.69) is 30.9 Å². The van der Waals surface area contributed by atoms with E-state index >= 15 is 0 Å². The Morgan fingerprint density at radius 2 is 1.86 bits per heavy atom. The van der Waals surface area contributed by atoms with Crippen molar-refractivity contribution in [2.45, 2.75) is 44.6 Å². The van der Waals surface area contributed by atoms with Crippen molar-refractivity contribution >= 4 is 10.9 Å². The van der Waals surface area contributed by atoms with Crippen LogP contribution in [0.15, 0.2) is 60.3 Å². The summed E-state index contributed by atoms with van der Waals surface area (Å²) in [6.07, 6.45) is 11.4. The molecule has 0 radical (unpaired) electrons. The maximum atomic E-state index is 13.7. The van der Waals surface area contributed by atoms with Crippen molar-refractivity contribution in [3.63, 3.8) is 0 Å². The van der Waals surface area contributed by atoms with Gasteiger partial charge >= 0.3 is 0 Å². The molecule has 10 heteroatoms. The van der Waals surface area contributed by atoms with Crippen molar-refractivity contribution in [1.29, 1.82) is 0 Å². The molecule has 0 amide bonds. The van der Waals surface area contributed by atoms with Crippen molar-refractivity contribution in [2.24, 2.45) is 0 Å². The molecule has 0 spiro atoms. The van der Waals surface area contributed by atoms with Crippen LogP contribution in [-0.4, -0.2) is 52.1 Å². The third kappa shape index (κ3) is 3.93. The van der Waals surface area contributed by atoms with Crippen LogP contribution in [-0.2, 0) is 4.74 Å². The summed E-state index contributed by atoms with van der Waals surface area (Å²) in [6, 6.07) is 9.69. The van der Waals surface area contributed by atoms with Crippen molar-refractivity contribution in [1.82, 2.24) is 38.9 Å². The van der Waals surface area contributed by atoms with Gasteiger partial charge in [-0.15, -0.1) is 10.2 Å². The van der Waals surface area contributed by atoms with Gasteiger partial charge in [-0.2, -0.15) is 0 Å². The summed E-state index contributed by atoms with van der Waals surface area (Å²) in [5.41, 5.74) is 4.20. The van der Waals surface area contributed by atoms with Crippen molar-refractivity contribution in [2.75, 3.05) is 13.2 Å². The van der Waals surface area contributed by atoms with Crippen LogP contribution < -0.4 is 5.56 Å². The summed E-state index contributed by atoms with van der Waals surface area (Å²) in [4.78, 5) is 27.6. The zero-order valence-electron chi connectivity index (χ0n) is 20.5. The van der Waals surface area contributed by atoms with E-state index in [0.717, 1.165) is 43.0 Å². The molecule has 1 saturated carbocycles. The average molecular weight is 495 g/mol. The van der Waals surface area contributed by atoms with Gasteiger partial charge in [0.2, 0.25) is 0 Å². The van der Waals surface area contributed by atoms with Gasteiger partial charge in [0.15, 0.2) is 5.82 Å². The third-order valence-electron chi connectivity index (χ3n) is 7.32. The molecular formula is C27H26N8O2. The van der Waals surface area contributed by atoms with Crippen LogP contribution in [0.2, 0.25) is 0 Å². The van der Waals surface area contributed by atoms with Crippen molar-refractivity contribution in [3.8, 4) is 23.0 Å². The minimum absolute atomic E-state index is 0.177. The number of imidazole rings is 1. The Morgan fingerprint density at radius 3 is 2.70 bits per heavy atom. The van der Waals surface area contributed by atoms with E-state index in [1.807, 2.05) is 42.1 Å². The molecule has 2 aliphatic rings. The highest BCUT2D eigenvalue weighted by molar-refractivity contribution is 5.81. The number of nitrogens with zero attached hydrogens (tertiary/aromatic N) is 8. The fraction of sp³-hybridized carbons (Fsp3) is 0.333. The molecule has 0 unspecified atom stereocenters. The number of aromatic nitrogens is 8. The highest BCUT2D eigenvalue weighted by Gasteiger charge is 2.26. The first-order chi connectivity index (χ1) is 18.2. The van der Waals surface area contributed by atoms with Gasteiger partial charge in [-0.25, -0.2) is 15.0 Å². The molecule has 1 aliphatic heterocycles. The first-order valence-corrected chi connectivity index (χ1v) is 12.7. The second-order valence-corrected chi connectivity index (χ2v) is 9.84. The van der Waals surface area contributed by atoms with Gasteiger partial charge in [0.05, 0.1) is 28.6 Å². The summed E-state index contributed by atoms with van der Waals surface area (Å²) < 4.78 is 11.1. The van der Waals surface area contributed by atoms with Crippen molar-refractivity contribution < 1.29 is 4.74 Å². The SMILES string of the molecule is Cc1cc2ncn(-c3cccc(-c4nncn4C4CCOCC4)n3)c(=O)c2cc1-n1cnc(C2CC2)c1. The lowest BCUT2D eigenvalue weighted by molar-refractivity contribution is 0.0699. The lowest BCUT2D eigenvalue weighted by Crippen LogP contribution is -2.21. The van der Waals surface area contributed by atoms with E-state index in [1.165, 1.54) is 17.4 Å². The number of pyridine rings is 1. The molecule has 1 saturated heterocycles. The monoisotopic (exact) mass is 494 g/mol. The Balaban J connectivity index is 1.29. The van der Waals surface area contributed by atoms with Gasteiger partial charge in [0.1, 0.15) is 24.2 Å². The minimum Gasteiger partial charge on any atom is -0.381 e. The van der Waals surface area contributed by atoms with E-state index in [-0.39, 0.29) is 11.6 Å². The van der Waals surface area contributed by atoms with Crippen LogP contribution in [0.5, 0.6) is 0 Å². The van der Waals surface area contributed by atoms with Gasteiger partial charge in [0, 0.05) is 31.4 Å². The highest BCUT2D eigenvalue weighted by atomic mass is 16.5. The summed E-state index contributed by atoms with van der Waals surface area (Å²) >= 11 is 0. The number of fused-ring (bicyclic) bond motifs is 1. The van der Waals surface area contributed by atoms with Gasteiger partial charge in [-0.3, -0.25) is 9.36 Å². The summed E-state index contributed by atoms with van der Waals surface area (Å²) in [7, 11) is 0. The fourth-order valence-corrected chi connectivity index (χ4v) is 5.10. The van der Waals surface area contributed by atoms with E-state index in [4.69, 9.17) is 9.72 Å². The third-order valence-corrected chi connectivity index (χ3v) is 7.32. The summed E-state index contributed by atoms with van der Waals surface area (Å²) in [5.74, 6) is 1.73. The molecule has 0 N–H and O–H groups in total. The predicted molar refractivity (Wildman–Crippen MR) is 137 cm³/mol. The zero-order chi connectivity index (χ0) is 24.9. The van der Waals surface area contributed by atoms with Gasteiger partial charge < -0.3 is 13.9 Å². The molecule has 7 rings (SSSR count). The number of hydrogen-bond acceptors (Lipinski definition) is 7. The lowest BCUT2D eigenvalue weighted by atomic mass is 10.1. The molecule has 10 nitrogen and oxygen atoms in total. The minimum atomic E-state index is -0.177. The molecule has 1 aliphatic carbocycles. The Hall–Kier alpha value is -4.18. The maximum absolute atomic E-state index is 13.7. The van der Waals surface area contributed by atoms with Crippen molar-refractivity contribution in [3.05, 3.63) is 77.1 Å². The number of rotatable bonds is 5. The maximum Gasteiger partial charge on any atom is 0.267 e. The van der Waals surface area contributed by atoms with Crippen LogP contribution in [0.1, 0.15) is 48.9 Å². The second kappa shape index (κ2) is 8.74. The quantitative estimate of drug-likeness (QED) is 0.366. The summed E-state index contributed by atoms with van der Waals surface area (Å²) in [6.45, 7) is 3.46. The van der Waals surface area contributed by atoms with Crippen LogP contribution in [0.25, 0.3) is 33.9 Å². The van der Waals surface area contributed by atoms with Crippen LogP contribution in [0.3, 0.4) is 0 Å². The molecule has 186 valence electrons. The summed E-state index contributed by atoms with van der Waals surface area (Å²) in [5, 5.41) is 9.01. The first-order valence-electron chi connectivity index (χ1n) is 12.7. The fourth-order valence-electron chi connectivity index (χ4n) is 5.10. The Kier molecular flexibility index (Phi) is 5.21. The lowest BCUT2D eigenvalue weighted by Gasteiger charge is -2.24. The van der Waals surface area contributed by atoms with Gasteiger partial charge in [0.25, 0.3) is 5.56 Å². The number of benzene rings is 1. The number of ether oxygens (including phenoxy) is 1. The average Bonchev–Trinajstić information content (AvgIpc) is 3.45. The molecule has 4 aromatic heterocycles. The van der Waals surface area contributed by atoms with E-state index < -0.39 is 0 Å². The Labute approximate surface area is 212 Å². The molecule has 2 fully saturated rings. The molecule has 1 aromatic carbocycles. The standard InChI is InChI=1S/C27H26N8O2/c1-17-11-22-20(12-24(17)33-13-23(28-14-33)18-5-6-18)27(36)35(15-29-22)25-4-2-3-21(31-25)26-32-30-16-34(26)19-7-9-37-10-8-19/h2-4,11-16,18-19H,5-10H2,1H3. The van der Waals surface area contributed by atoms with E-state index in [9.17, 15) is 4.79 Å². The van der Waals surface area contributed by atoms with Gasteiger partial charge in [-0.1, -0.05) is 6.07 Å². The van der Waals surface area contributed by atoms with Crippen LogP contribution in [0, 0.1) is 6.92 Å². The predicted octanol–water partition coefficient (Wildman–Crippen LogP) is 3.76. The molecule has 0 bridgehead atoms. The second-order valence-electron chi connectivity index (χ2n) is 9.84. The molecule has 0 atom stereocenters. The Morgan fingerprint density at radius 1 is 1.00 bits per heavy atom. The molecule has 5 aromatic rings. The molecular weight excluding hydrogens is 468 g/mol. The van der Waals surface area contributed by atoms with Crippen LogP contribution >= 0.6 is 0 Å². The van der Waals surface area contributed by atoms with Gasteiger partial charge in [-0.05, 0) is 62.4 Å². The number of aryl methyl sites for hydroxylation is 1. The molecule has 5 heterocycles. The highest BCUT2D eigenvalue weighted by Crippen LogP contribution is 2.39. The van der Waals surface area contributed by atoms with E-state index in [0.29, 0.717) is 34.2 Å². The normalized spacial score (nSPS) is 16.5. The van der Waals surface area contributed by atoms with Crippen LogP contribution in [0.4, 0.5) is 0 Å². The first kappa shape index (κ1) is 22.1. The molecule has 37 heavy (non-hydrogen) atoms. The smallest absolute Gasteiger partial charge is 0.267 e. The largest absolute Gasteiger partial charge is 0.381 e.